The molecule has 7 nitrogen and oxygen atoms in total. The number of carbonyl (C=O) groups is 1. The molecule has 2 N–H and O–H groups in total. The lowest BCUT2D eigenvalue weighted by Crippen LogP contribution is -2.40. The van der Waals surface area contributed by atoms with Crippen LogP contribution in [-0.2, 0) is 18.4 Å². The molecule has 39 heavy (non-hydrogen) atoms. The molecular weight excluding hydrogens is 520 g/mol. The van der Waals surface area contributed by atoms with E-state index in [4.69, 9.17) is 9.05 Å². The van der Waals surface area contributed by atoms with Gasteiger partial charge in [-0.1, -0.05) is 36.4 Å². The van der Waals surface area contributed by atoms with Crippen LogP contribution < -0.4 is 0 Å². The molecule has 1 aliphatic heterocycles. The molecule has 4 rings (SSSR count). The third-order valence-electron chi connectivity index (χ3n) is 6.18. The Morgan fingerprint density at radius 1 is 0.872 bits per heavy atom. The van der Waals surface area contributed by atoms with Crippen LogP contribution in [0.1, 0.15) is 36.3 Å². The van der Waals surface area contributed by atoms with Crippen molar-refractivity contribution in [3.63, 3.8) is 0 Å². The van der Waals surface area contributed by atoms with Gasteiger partial charge in [0, 0.05) is 24.2 Å². The Hall–Kier alpha value is -3.55. The molecule has 1 heterocycles. The fourth-order valence-electron chi connectivity index (χ4n) is 4.64. The minimum Gasteiger partial charge on any atom is -0.508 e. The summed E-state index contributed by atoms with van der Waals surface area (Å²) in [6.45, 7) is 3.87. The fraction of sp³-hybridized carbons (Fsp3) is 0.233. The van der Waals surface area contributed by atoms with Crippen molar-refractivity contribution in [2.24, 2.45) is 0 Å². The molecule has 3 aromatic rings. The largest absolute Gasteiger partial charge is 0.508 e. The van der Waals surface area contributed by atoms with Gasteiger partial charge in [-0.2, -0.15) is 0 Å². The highest BCUT2D eigenvalue weighted by atomic mass is 31.2. The van der Waals surface area contributed by atoms with Gasteiger partial charge in [0.2, 0.25) is 0 Å². The van der Waals surface area contributed by atoms with Crippen molar-refractivity contribution in [2.45, 2.75) is 19.6 Å². The van der Waals surface area contributed by atoms with Gasteiger partial charge in [0.15, 0.2) is 5.78 Å². The summed E-state index contributed by atoms with van der Waals surface area (Å²) in [5.41, 5.74) is 2.54. The summed E-state index contributed by atoms with van der Waals surface area (Å²) in [4.78, 5) is 15.5. The van der Waals surface area contributed by atoms with Crippen molar-refractivity contribution in [3.05, 3.63) is 106 Å². The molecule has 0 radical (unpaired) electrons. The number of phenolic OH excluding ortho intramolecular Hbond substituents is 2. The second-order valence-corrected chi connectivity index (χ2v) is 11.1. The van der Waals surface area contributed by atoms with E-state index in [0.717, 1.165) is 0 Å². The van der Waals surface area contributed by atoms with E-state index in [1.165, 1.54) is 24.3 Å². The van der Waals surface area contributed by atoms with Crippen molar-refractivity contribution in [3.8, 4) is 11.5 Å². The number of hydrogen-bond acceptors (Lipinski definition) is 7. The van der Waals surface area contributed by atoms with Crippen LogP contribution in [0.3, 0.4) is 0 Å². The minimum absolute atomic E-state index is 0.0568. The van der Waals surface area contributed by atoms with Gasteiger partial charge in [-0.05, 0) is 79.1 Å². The topological polar surface area (TPSA) is 96.3 Å². The van der Waals surface area contributed by atoms with Crippen molar-refractivity contribution >= 4 is 25.5 Å². The summed E-state index contributed by atoms with van der Waals surface area (Å²) in [6.07, 6.45) is 3.36. The number of nitrogens with zero attached hydrogens (tertiary/aromatic N) is 1. The lowest BCUT2D eigenvalue weighted by atomic mass is 9.93. The number of benzene rings is 3. The van der Waals surface area contributed by atoms with E-state index in [1.54, 1.807) is 74.5 Å². The van der Waals surface area contributed by atoms with Gasteiger partial charge in [0.25, 0.3) is 0 Å². The Balaban J connectivity index is 1.87. The maximum absolute atomic E-state index is 14.2. The summed E-state index contributed by atoms with van der Waals surface area (Å²) >= 11 is 0. The molecule has 0 amide bonds. The van der Waals surface area contributed by atoms with Gasteiger partial charge in [0.1, 0.15) is 23.1 Å². The number of piperidine rings is 1. The zero-order valence-corrected chi connectivity index (χ0v) is 22.7. The van der Waals surface area contributed by atoms with Crippen molar-refractivity contribution in [2.75, 3.05) is 26.3 Å². The second kappa shape index (κ2) is 12.5. The Morgan fingerprint density at radius 3 is 1.79 bits per heavy atom. The molecule has 0 aliphatic carbocycles. The minimum atomic E-state index is -3.83. The summed E-state index contributed by atoms with van der Waals surface area (Å²) in [5, 5.41) is 19.9. The third kappa shape index (κ3) is 6.91. The highest BCUT2D eigenvalue weighted by Gasteiger charge is 2.44. The van der Waals surface area contributed by atoms with Crippen molar-refractivity contribution < 1.29 is 33.0 Å². The van der Waals surface area contributed by atoms with E-state index in [2.05, 4.69) is 0 Å². The van der Waals surface area contributed by atoms with Gasteiger partial charge in [-0.25, -0.2) is 4.39 Å². The zero-order chi connectivity index (χ0) is 28.0. The average molecular weight is 552 g/mol. The normalized spacial score (nSPS) is 17.6. The summed E-state index contributed by atoms with van der Waals surface area (Å²) in [5.74, 6) is -1.49. The first-order valence-electron chi connectivity index (χ1n) is 12.6. The monoisotopic (exact) mass is 551 g/mol. The Kier molecular flexibility index (Phi) is 9.15. The molecule has 1 fully saturated rings. The molecule has 0 aromatic heterocycles. The molecule has 0 bridgehead atoms. The number of phenols is 2. The Morgan fingerprint density at radius 2 is 1.36 bits per heavy atom. The Labute approximate surface area is 227 Å². The number of likely N-dealkylation sites (tertiary alicyclic amines) is 1. The van der Waals surface area contributed by atoms with Crippen molar-refractivity contribution in [1.82, 2.24) is 4.90 Å². The maximum Gasteiger partial charge on any atom is 0.352 e. The fourth-order valence-corrected chi connectivity index (χ4v) is 6.81. The van der Waals surface area contributed by atoms with Crippen LogP contribution in [0.25, 0.3) is 12.2 Å². The Bertz CT molecular complexity index is 1360. The molecular formula is C30H31FNO6P. The number of halogens is 1. The van der Waals surface area contributed by atoms with Crippen molar-refractivity contribution in [1.29, 1.82) is 0 Å². The predicted molar refractivity (Wildman–Crippen MR) is 149 cm³/mol. The quantitative estimate of drug-likeness (QED) is 0.230. The number of aromatic hydroxyl groups is 2. The standard InChI is InChI=1S/C30H31FNO6P/c1-3-37-39(36,38-4-2)30(23-11-13-26(31)14-12-23)32-19-24(15-21-7-5-9-27(33)17-21)29(35)25(20-32)16-22-8-6-10-28(34)18-22/h5-18,30,33-34H,3-4,19-20H2,1-2H3/b24-15+,25-16+. The average Bonchev–Trinajstić information content (AvgIpc) is 2.88. The lowest BCUT2D eigenvalue weighted by molar-refractivity contribution is -0.113. The number of carbonyl (C=O) groups excluding carboxylic acids is 1. The van der Waals surface area contributed by atoms with Gasteiger partial charge < -0.3 is 19.3 Å². The smallest absolute Gasteiger partial charge is 0.352 e. The molecule has 3 aromatic carbocycles. The van der Waals surface area contributed by atoms with Crippen LogP contribution in [0, 0.1) is 5.82 Å². The first kappa shape index (κ1) is 28.5. The molecule has 1 unspecified atom stereocenters. The van der Waals surface area contributed by atoms with Crippen LogP contribution in [0.5, 0.6) is 11.5 Å². The molecule has 1 atom stereocenters. The molecule has 1 aliphatic rings. The molecule has 1 saturated heterocycles. The predicted octanol–water partition coefficient (Wildman–Crippen LogP) is 6.55. The van der Waals surface area contributed by atoms with E-state index in [0.29, 0.717) is 27.8 Å². The molecule has 9 heteroatoms. The summed E-state index contributed by atoms with van der Waals surface area (Å²) in [6, 6.07) is 18.7. The SMILES string of the molecule is CCOP(=O)(OCC)C(c1ccc(F)cc1)N1C/C(=C\c2cccc(O)c2)C(=O)/C(=C/c2cccc(O)c2)C1. The van der Waals surface area contributed by atoms with Crippen LogP contribution in [0.2, 0.25) is 0 Å². The van der Waals surface area contributed by atoms with E-state index in [1.807, 2.05) is 4.90 Å². The highest BCUT2D eigenvalue weighted by Crippen LogP contribution is 2.62. The molecule has 0 spiro atoms. The highest BCUT2D eigenvalue weighted by molar-refractivity contribution is 7.54. The number of ketones is 1. The van der Waals surface area contributed by atoms with Gasteiger partial charge in [-0.3, -0.25) is 14.3 Å². The molecule has 204 valence electrons. The number of hydrogen-bond donors (Lipinski definition) is 2. The summed E-state index contributed by atoms with van der Waals surface area (Å²) in [7, 11) is -3.83. The van der Waals surface area contributed by atoms with E-state index >= 15 is 0 Å². The second-order valence-electron chi connectivity index (χ2n) is 9.06. The first-order valence-corrected chi connectivity index (χ1v) is 14.3. The number of Topliss-reactive ketones (excluding diaryl/α,β-unsaturated/α-hetero) is 1. The summed E-state index contributed by atoms with van der Waals surface area (Å²) < 4.78 is 39.6. The van der Waals surface area contributed by atoms with E-state index < -0.39 is 19.2 Å². The van der Waals surface area contributed by atoms with Crippen LogP contribution in [0.15, 0.2) is 83.9 Å². The van der Waals surface area contributed by atoms with E-state index in [-0.39, 0.29) is 43.6 Å². The number of rotatable bonds is 9. The van der Waals surface area contributed by atoms with Gasteiger partial charge in [0.05, 0.1) is 13.2 Å². The van der Waals surface area contributed by atoms with E-state index in [9.17, 15) is 24.0 Å². The van der Waals surface area contributed by atoms with Crippen LogP contribution >= 0.6 is 7.60 Å². The van der Waals surface area contributed by atoms with Gasteiger partial charge in [-0.15, -0.1) is 0 Å². The van der Waals surface area contributed by atoms with Crippen LogP contribution in [-0.4, -0.2) is 47.2 Å². The maximum atomic E-state index is 14.2. The third-order valence-corrected chi connectivity index (χ3v) is 8.64. The van der Waals surface area contributed by atoms with Gasteiger partial charge >= 0.3 is 7.60 Å². The lowest BCUT2D eigenvalue weighted by Gasteiger charge is -2.39. The van der Waals surface area contributed by atoms with Crippen LogP contribution in [0.4, 0.5) is 4.39 Å². The zero-order valence-electron chi connectivity index (χ0n) is 21.8. The molecule has 0 saturated carbocycles. The first-order chi connectivity index (χ1) is 18.7.